The quantitative estimate of drug-likeness (QED) is 0.616. The lowest BCUT2D eigenvalue weighted by molar-refractivity contribution is 0.144. The number of pyridine rings is 1. The number of hydrogen-bond donors (Lipinski definition) is 0. The molecule has 0 bridgehead atoms. The summed E-state index contributed by atoms with van der Waals surface area (Å²) in [5, 5.41) is 4.76. The van der Waals surface area contributed by atoms with E-state index in [0.717, 1.165) is 0 Å². The highest BCUT2D eigenvalue weighted by atomic mass is 35.5. The van der Waals surface area contributed by atoms with Crippen LogP contribution in [0, 0.1) is 0 Å². The SMILES string of the molecule is O=c1n(CN2CCN(S(=O)(=O)c3cc(Cl)ccc3Cl)CC2)nc2ccccn12. The second kappa shape index (κ2) is 7.49. The highest BCUT2D eigenvalue weighted by Crippen LogP contribution is 2.28. The second-order valence-electron chi connectivity index (χ2n) is 6.45. The van der Waals surface area contributed by atoms with E-state index in [9.17, 15) is 13.2 Å². The van der Waals surface area contributed by atoms with Crippen molar-refractivity contribution in [1.29, 1.82) is 0 Å². The van der Waals surface area contributed by atoms with E-state index in [4.69, 9.17) is 23.2 Å². The van der Waals surface area contributed by atoms with Gasteiger partial charge in [0.2, 0.25) is 10.0 Å². The lowest BCUT2D eigenvalue weighted by atomic mass is 10.4. The first kappa shape index (κ1) is 19.4. The molecule has 8 nitrogen and oxygen atoms in total. The third kappa shape index (κ3) is 3.56. The van der Waals surface area contributed by atoms with E-state index in [-0.39, 0.29) is 28.7 Å². The van der Waals surface area contributed by atoms with Crippen LogP contribution in [0.2, 0.25) is 10.0 Å². The summed E-state index contributed by atoms with van der Waals surface area (Å²) in [6.07, 6.45) is 1.67. The number of piperazine rings is 1. The molecule has 28 heavy (non-hydrogen) atoms. The number of hydrogen-bond acceptors (Lipinski definition) is 5. The van der Waals surface area contributed by atoms with Gasteiger partial charge in [0.25, 0.3) is 0 Å². The van der Waals surface area contributed by atoms with Crippen LogP contribution in [-0.4, -0.2) is 58.0 Å². The van der Waals surface area contributed by atoms with Crippen molar-refractivity contribution in [1.82, 2.24) is 23.4 Å². The number of halogens is 2. The van der Waals surface area contributed by atoms with Gasteiger partial charge in [0.1, 0.15) is 4.90 Å². The first-order valence-corrected chi connectivity index (χ1v) is 10.8. The summed E-state index contributed by atoms with van der Waals surface area (Å²) in [4.78, 5) is 14.4. The molecule has 1 aliphatic rings. The number of aromatic nitrogens is 3. The second-order valence-corrected chi connectivity index (χ2v) is 9.20. The lowest BCUT2D eigenvalue weighted by Crippen LogP contribution is -2.49. The van der Waals surface area contributed by atoms with E-state index in [2.05, 4.69) is 5.10 Å². The van der Waals surface area contributed by atoms with Gasteiger partial charge in [-0.3, -0.25) is 9.30 Å². The highest BCUT2D eigenvalue weighted by Gasteiger charge is 2.30. The molecule has 11 heteroatoms. The molecule has 3 heterocycles. The minimum Gasteiger partial charge on any atom is -0.282 e. The number of fused-ring (bicyclic) bond motifs is 1. The van der Waals surface area contributed by atoms with Crippen molar-refractivity contribution in [2.45, 2.75) is 11.6 Å². The molecule has 1 fully saturated rings. The van der Waals surface area contributed by atoms with Crippen molar-refractivity contribution in [2.24, 2.45) is 0 Å². The van der Waals surface area contributed by atoms with Gasteiger partial charge in [0.15, 0.2) is 5.65 Å². The molecule has 0 aliphatic carbocycles. The zero-order valence-corrected chi connectivity index (χ0v) is 17.0. The normalized spacial score (nSPS) is 16.6. The maximum Gasteiger partial charge on any atom is 0.351 e. The van der Waals surface area contributed by atoms with Gasteiger partial charge in [-0.15, -0.1) is 5.10 Å². The molecule has 0 saturated carbocycles. The Hall–Kier alpha value is -1.91. The molecule has 1 saturated heterocycles. The number of nitrogens with zero attached hydrogens (tertiary/aromatic N) is 5. The average molecular weight is 442 g/mol. The van der Waals surface area contributed by atoms with Gasteiger partial charge in [-0.05, 0) is 30.3 Å². The lowest BCUT2D eigenvalue weighted by Gasteiger charge is -2.33. The molecule has 0 atom stereocenters. The molecule has 2 aromatic heterocycles. The van der Waals surface area contributed by atoms with Crippen molar-refractivity contribution < 1.29 is 8.42 Å². The minimum absolute atomic E-state index is 0.00619. The van der Waals surface area contributed by atoms with Crippen LogP contribution in [0.25, 0.3) is 5.65 Å². The topological polar surface area (TPSA) is 79.9 Å². The monoisotopic (exact) mass is 441 g/mol. The van der Waals surface area contributed by atoms with E-state index >= 15 is 0 Å². The van der Waals surface area contributed by atoms with Gasteiger partial charge in [-0.2, -0.15) is 8.99 Å². The van der Waals surface area contributed by atoms with Crippen LogP contribution in [-0.2, 0) is 16.7 Å². The summed E-state index contributed by atoms with van der Waals surface area (Å²) in [5.74, 6) is 0. The van der Waals surface area contributed by atoms with Crippen LogP contribution in [0.3, 0.4) is 0 Å². The molecule has 3 aromatic rings. The van der Waals surface area contributed by atoms with Crippen LogP contribution >= 0.6 is 23.2 Å². The van der Waals surface area contributed by atoms with Crippen molar-refractivity contribution in [3.8, 4) is 0 Å². The summed E-state index contributed by atoms with van der Waals surface area (Å²) in [6.45, 7) is 1.81. The Morgan fingerprint density at radius 1 is 1.04 bits per heavy atom. The molecule has 1 aliphatic heterocycles. The largest absolute Gasteiger partial charge is 0.351 e. The Morgan fingerprint density at radius 2 is 1.79 bits per heavy atom. The van der Waals surface area contributed by atoms with Crippen LogP contribution in [0.15, 0.2) is 52.3 Å². The fourth-order valence-electron chi connectivity index (χ4n) is 3.17. The Morgan fingerprint density at radius 3 is 2.50 bits per heavy atom. The van der Waals surface area contributed by atoms with Crippen molar-refractivity contribution in [2.75, 3.05) is 26.2 Å². The van der Waals surface area contributed by atoms with Crippen molar-refractivity contribution in [3.63, 3.8) is 0 Å². The van der Waals surface area contributed by atoms with Gasteiger partial charge in [0, 0.05) is 37.4 Å². The van der Waals surface area contributed by atoms with Gasteiger partial charge in [-0.25, -0.2) is 13.2 Å². The predicted octanol–water partition coefficient (Wildman–Crippen LogP) is 1.77. The van der Waals surface area contributed by atoms with E-state index in [0.29, 0.717) is 30.4 Å². The molecular formula is C17H17Cl2N5O3S. The number of benzene rings is 1. The molecular weight excluding hydrogens is 425 g/mol. The summed E-state index contributed by atoms with van der Waals surface area (Å²) in [5.41, 5.74) is 0.348. The van der Waals surface area contributed by atoms with Gasteiger partial charge in [-0.1, -0.05) is 29.3 Å². The van der Waals surface area contributed by atoms with Crippen LogP contribution < -0.4 is 5.69 Å². The van der Waals surface area contributed by atoms with Crippen molar-refractivity contribution >= 4 is 38.9 Å². The van der Waals surface area contributed by atoms with E-state index in [1.54, 1.807) is 24.4 Å². The van der Waals surface area contributed by atoms with E-state index in [1.165, 1.54) is 25.5 Å². The summed E-state index contributed by atoms with van der Waals surface area (Å²) >= 11 is 12.0. The van der Waals surface area contributed by atoms with Gasteiger partial charge >= 0.3 is 5.69 Å². The molecule has 0 unspecified atom stereocenters. The van der Waals surface area contributed by atoms with Crippen LogP contribution in [0.1, 0.15) is 0 Å². The van der Waals surface area contributed by atoms with E-state index < -0.39 is 10.0 Å². The molecule has 0 radical (unpaired) electrons. The average Bonchev–Trinajstić information content (AvgIpc) is 3.00. The van der Waals surface area contributed by atoms with Gasteiger partial charge < -0.3 is 0 Å². The zero-order chi connectivity index (χ0) is 19.9. The zero-order valence-electron chi connectivity index (χ0n) is 14.7. The maximum atomic E-state index is 12.9. The van der Waals surface area contributed by atoms with Gasteiger partial charge in [0.05, 0.1) is 11.7 Å². The molecule has 1 aromatic carbocycles. The predicted molar refractivity (Wildman–Crippen MR) is 106 cm³/mol. The number of sulfonamides is 1. The minimum atomic E-state index is -3.74. The summed E-state index contributed by atoms with van der Waals surface area (Å²) in [6, 6.07) is 9.73. The Balaban J connectivity index is 1.47. The third-order valence-corrected chi connectivity index (χ3v) is 7.28. The van der Waals surface area contributed by atoms with Crippen LogP contribution in [0.5, 0.6) is 0 Å². The molecule has 0 N–H and O–H groups in total. The third-order valence-electron chi connectivity index (χ3n) is 4.66. The Kier molecular flexibility index (Phi) is 5.19. The highest BCUT2D eigenvalue weighted by molar-refractivity contribution is 7.89. The van der Waals surface area contributed by atoms with Crippen molar-refractivity contribution in [3.05, 3.63) is 63.1 Å². The summed E-state index contributed by atoms with van der Waals surface area (Å²) in [7, 11) is -3.74. The molecule has 4 rings (SSSR count). The Labute approximate surface area is 171 Å². The maximum absolute atomic E-state index is 12.9. The first-order valence-electron chi connectivity index (χ1n) is 8.58. The fourth-order valence-corrected chi connectivity index (χ4v) is 5.33. The molecule has 0 spiro atoms. The van der Waals surface area contributed by atoms with Crippen LogP contribution in [0.4, 0.5) is 0 Å². The molecule has 148 valence electrons. The number of rotatable bonds is 4. The first-order chi connectivity index (χ1) is 13.4. The fraction of sp³-hybridized carbons (Fsp3) is 0.294. The summed E-state index contributed by atoms with van der Waals surface area (Å²) < 4.78 is 30.0. The smallest absolute Gasteiger partial charge is 0.282 e. The van der Waals surface area contributed by atoms with E-state index in [1.807, 2.05) is 11.0 Å². The standard InChI is InChI=1S/C17H17Cl2N5O3S/c18-13-4-5-14(19)15(11-13)28(26,27)22-9-7-21(8-10-22)12-24-17(25)23-6-2-1-3-16(23)20-24/h1-6,11H,7-10,12H2. The Bertz CT molecular complexity index is 1180. The molecule has 0 amide bonds.